The topological polar surface area (TPSA) is 110 Å². The molecule has 4 aromatic rings. The summed E-state index contributed by atoms with van der Waals surface area (Å²) in [7, 11) is 0. The van der Waals surface area contributed by atoms with E-state index in [1.807, 2.05) is 53.5 Å². The highest BCUT2D eigenvalue weighted by atomic mass is 32.2. The number of carbonyl (C=O) groups excluding carboxylic acids is 1. The molecule has 1 unspecified atom stereocenters. The molecule has 3 aromatic heterocycles. The van der Waals surface area contributed by atoms with Crippen molar-refractivity contribution in [1.82, 2.24) is 24.7 Å². The molecule has 0 bridgehead atoms. The zero-order valence-electron chi connectivity index (χ0n) is 17.6. The minimum absolute atomic E-state index is 0.212. The Morgan fingerprint density at radius 3 is 2.81 bits per heavy atom. The van der Waals surface area contributed by atoms with E-state index in [0.717, 1.165) is 47.0 Å². The normalized spacial score (nSPS) is 16.2. The lowest BCUT2D eigenvalue weighted by Gasteiger charge is -2.21. The summed E-state index contributed by atoms with van der Waals surface area (Å²) in [6.07, 6.45) is 5.28. The lowest BCUT2D eigenvalue weighted by Crippen LogP contribution is -2.29. The summed E-state index contributed by atoms with van der Waals surface area (Å²) in [4.78, 5) is 26.1. The Balaban J connectivity index is 1.47. The fourth-order valence-corrected chi connectivity index (χ4v) is 4.92. The van der Waals surface area contributed by atoms with Crippen LogP contribution in [-0.2, 0) is 0 Å². The van der Waals surface area contributed by atoms with Gasteiger partial charge in [-0.15, -0.1) is 11.8 Å². The van der Waals surface area contributed by atoms with Gasteiger partial charge in [-0.05, 0) is 36.8 Å². The molecular formula is C23H23N7OS. The van der Waals surface area contributed by atoms with E-state index in [1.54, 1.807) is 24.5 Å². The number of thioether (sulfide) groups is 1. The number of nitrogens with zero attached hydrogens (tertiary/aromatic N) is 4. The van der Waals surface area contributed by atoms with Crippen molar-refractivity contribution in [3.8, 4) is 11.3 Å². The fraction of sp³-hybridized carbons (Fsp3) is 0.217. The lowest BCUT2D eigenvalue weighted by atomic mass is 10.1. The van der Waals surface area contributed by atoms with Gasteiger partial charge in [0.2, 0.25) is 0 Å². The van der Waals surface area contributed by atoms with Gasteiger partial charge in [0, 0.05) is 48.6 Å². The van der Waals surface area contributed by atoms with E-state index in [-0.39, 0.29) is 11.2 Å². The number of fused-ring (bicyclic) bond motifs is 1. The minimum atomic E-state index is -0.212. The SMILES string of the molecule is Cc1ccnc(NC(=O)c2ccc(-c3nc(C4CNCCS4)n4ccnc(N)c34)cc2)c1. The molecule has 0 aliphatic carbocycles. The maximum atomic E-state index is 12.6. The summed E-state index contributed by atoms with van der Waals surface area (Å²) in [6, 6.07) is 11.1. The Bertz CT molecular complexity index is 1280. The number of hydrogen-bond donors (Lipinski definition) is 3. The average Bonchev–Trinajstić information content (AvgIpc) is 3.21. The van der Waals surface area contributed by atoms with Gasteiger partial charge in [-0.25, -0.2) is 15.0 Å². The third-order valence-corrected chi connectivity index (χ3v) is 6.62. The highest BCUT2D eigenvalue weighted by molar-refractivity contribution is 7.99. The Labute approximate surface area is 189 Å². The number of hydrogen-bond acceptors (Lipinski definition) is 7. The summed E-state index contributed by atoms with van der Waals surface area (Å²) in [5.41, 5.74) is 10.3. The predicted octanol–water partition coefficient (Wildman–Crippen LogP) is 3.31. The van der Waals surface area contributed by atoms with Crippen LogP contribution in [0.2, 0.25) is 0 Å². The van der Waals surface area contributed by atoms with Crippen LogP contribution in [0.1, 0.15) is 27.0 Å². The number of nitrogens with two attached hydrogens (primary N) is 1. The molecule has 162 valence electrons. The van der Waals surface area contributed by atoms with Gasteiger partial charge < -0.3 is 16.4 Å². The first-order valence-corrected chi connectivity index (χ1v) is 11.4. The first-order valence-electron chi connectivity index (χ1n) is 10.4. The fourth-order valence-electron chi connectivity index (χ4n) is 3.82. The van der Waals surface area contributed by atoms with Crippen molar-refractivity contribution in [3.63, 3.8) is 0 Å². The second-order valence-corrected chi connectivity index (χ2v) is 8.97. The molecule has 0 saturated carbocycles. The molecule has 9 heteroatoms. The summed E-state index contributed by atoms with van der Waals surface area (Å²) in [5, 5.41) is 6.50. The molecule has 0 radical (unpaired) electrons. The number of imidazole rings is 1. The van der Waals surface area contributed by atoms with E-state index in [4.69, 9.17) is 10.7 Å². The van der Waals surface area contributed by atoms with Gasteiger partial charge in [-0.3, -0.25) is 9.20 Å². The first-order chi connectivity index (χ1) is 15.6. The van der Waals surface area contributed by atoms with Gasteiger partial charge in [-0.2, -0.15) is 0 Å². The Hall–Kier alpha value is -3.43. The van der Waals surface area contributed by atoms with Crippen LogP contribution < -0.4 is 16.4 Å². The van der Waals surface area contributed by atoms with Gasteiger partial charge in [-0.1, -0.05) is 12.1 Å². The molecule has 1 saturated heterocycles. The molecule has 1 aliphatic rings. The van der Waals surface area contributed by atoms with Crippen LogP contribution in [0.15, 0.2) is 55.0 Å². The number of nitrogens with one attached hydrogen (secondary N) is 2. The molecule has 1 aliphatic heterocycles. The molecule has 8 nitrogen and oxygen atoms in total. The quantitative estimate of drug-likeness (QED) is 0.442. The third kappa shape index (κ3) is 3.92. The van der Waals surface area contributed by atoms with Crippen LogP contribution in [0.25, 0.3) is 16.8 Å². The molecule has 4 N–H and O–H groups in total. The molecule has 1 atom stereocenters. The third-order valence-electron chi connectivity index (χ3n) is 5.40. The Morgan fingerprint density at radius 2 is 2.06 bits per heavy atom. The van der Waals surface area contributed by atoms with Crippen LogP contribution in [0.4, 0.5) is 11.6 Å². The summed E-state index contributed by atoms with van der Waals surface area (Å²) in [5.74, 6) is 2.74. The van der Waals surface area contributed by atoms with Gasteiger partial charge >= 0.3 is 0 Å². The van der Waals surface area contributed by atoms with Crippen LogP contribution in [0, 0.1) is 6.92 Å². The number of rotatable bonds is 4. The summed E-state index contributed by atoms with van der Waals surface area (Å²) in [6.45, 7) is 3.82. The number of carbonyl (C=O) groups is 1. The number of aromatic nitrogens is 4. The van der Waals surface area contributed by atoms with E-state index in [0.29, 0.717) is 17.2 Å². The minimum Gasteiger partial charge on any atom is -0.382 e. The number of amides is 1. The van der Waals surface area contributed by atoms with Crippen LogP contribution in [0.3, 0.4) is 0 Å². The summed E-state index contributed by atoms with van der Waals surface area (Å²) >= 11 is 1.89. The maximum Gasteiger partial charge on any atom is 0.256 e. The second-order valence-electron chi connectivity index (χ2n) is 7.66. The standard InChI is InChI=1S/C23H23N7OS/c1-14-6-7-26-18(12-14)28-23(31)16-4-2-15(3-5-16)19-20-21(24)27-8-10-30(20)22(29-19)17-13-25-9-11-32-17/h2-8,10,12,17,25H,9,11,13H2,1H3,(H2,24,27)(H,26,28,31). The lowest BCUT2D eigenvalue weighted by molar-refractivity contribution is 0.102. The monoisotopic (exact) mass is 445 g/mol. The van der Waals surface area contributed by atoms with Gasteiger partial charge in [0.05, 0.1) is 5.25 Å². The highest BCUT2D eigenvalue weighted by Gasteiger charge is 2.24. The predicted molar refractivity (Wildman–Crippen MR) is 128 cm³/mol. The summed E-state index contributed by atoms with van der Waals surface area (Å²) < 4.78 is 2.03. The number of pyridine rings is 1. The number of nitrogen functional groups attached to an aromatic ring is 1. The van der Waals surface area contributed by atoms with Crippen LogP contribution in [-0.4, -0.2) is 44.1 Å². The van der Waals surface area contributed by atoms with Crippen molar-refractivity contribution in [1.29, 1.82) is 0 Å². The molecule has 5 rings (SSSR count). The van der Waals surface area contributed by atoms with E-state index < -0.39 is 0 Å². The number of aryl methyl sites for hydroxylation is 1. The highest BCUT2D eigenvalue weighted by Crippen LogP contribution is 2.35. The van der Waals surface area contributed by atoms with E-state index in [9.17, 15) is 4.79 Å². The van der Waals surface area contributed by atoms with Crippen molar-refractivity contribution < 1.29 is 4.79 Å². The molecule has 32 heavy (non-hydrogen) atoms. The first kappa shape index (κ1) is 20.5. The maximum absolute atomic E-state index is 12.6. The molecule has 0 spiro atoms. The molecule has 1 fully saturated rings. The van der Waals surface area contributed by atoms with Crippen molar-refractivity contribution in [2.24, 2.45) is 0 Å². The van der Waals surface area contributed by atoms with Crippen LogP contribution in [0.5, 0.6) is 0 Å². The second kappa shape index (κ2) is 8.60. The van der Waals surface area contributed by atoms with Gasteiger partial charge in [0.25, 0.3) is 5.91 Å². The van der Waals surface area contributed by atoms with E-state index in [1.165, 1.54) is 0 Å². The van der Waals surface area contributed by atoms with E-state index in [2.05, 4.69) is 20.6 Å². The molecule has 4 heterocycles. The molecule has 1 aromatic carbocycles. The Morgan fingerprint density at radius 1 is 1.22 bits per heavy atom. The smallest absolute Gasteiger partial charge is 0.256 e. The van der Waals surface area contributed by atoms with E-state index >= 15 is 0 Å². The van der Waals surface area contributed by atoms with Crippen molar-refractivity contribution in [3.05, 3.63) is 71.9 Å². The zero-order chi connectivity index (χ0) is 22.1. The van der Waals surface area contributed by atoms with Crippen molar-refractivity contribution in [2.45, 2.75) is 12.2 Å². The average molecular weight is 446 g/mol. The van der Waals surface area contributed by atoms with Crippen LogP contribution >= 0.6 is 11.8 Å². The van der Waals surface area contributed by atoms with Crippen molar-refractivity contribution in [2.75, 3.05) is 29.9 Å². The molecule has 1 amide bonds. The Kier molecular flexibility index (Phi) is 5.50. The largest absolute Gasteiger partial charge is 0.382 e. The number of benzene rings is 1. The van der Waals surface area contributed by atoms with Gasteiger partial charge in [0.1, 0.15) is 28.7 Å². The zero-order valence-corrected chi connectivity index (χ0v) is 18.4. The molecular weight excluding hydrogens is 422 g/mol. The van der Waals surface area contributed by atoms with Gasteiger partial charge in [0.15, 0.2) is 0 Å². The van der Waals surface area contributed by atoms with Crippen molar-refractivity contribution >= 4 is 34.8 Å². The number of anilines is 2.